The molecule has 1 aliphatic carbocycles. The molecule has 0 amide bonds. The van der Waals surface area contributed by atoms with Crippen LogP contribution in [0.2, 0.25) is 0 Å². The van der Waals surface area contributed by atoms with Crippen molar-refractivity contribution in [3.63, 3.8) is 0 Å². The quantitative estimate of drug-likeness (QED) is 0.209. The number of hydrogen-bond acceptors (Lipinski definition) is 2. The standard InChI is InChI=1S/C33H26BrN3.C2H6/c34-25-19-28(21-29(20-25)37-32-13-5-3-11-30(32)31-12-4-6-14-33(31)37)36(27-10-7-17-35-22-27)26-16-15-23-8-1-2-9-24(23)18-26;1-2/h1-3,5,7-11,13,15-22H,4,6,12,14H2;1-2H3. The molecule has 1 aliphatic rings. The molecular weight excluding hydrogens is 542 g/mol. The van der Waals surface area contributed by atoms with Crippen molar-refractivity contribution in [2.75, 3.05) is 4.90 Å². The Hall–Kier alpha value is -3.89. The van der Waals surface area contributed by atoms with Crippen LogP contribution in [0.1, 0.15) is 37.9 Å². The Morgan fingerprint density at radius 2 is 1.51 bits per heavy atom. The first kappa shape index (κ1) is 25.4. The van der Waals surface area contributed by atoms with Gasteiger partial charge in [0.1, 0.15) is 0 Å². The number of benzene rings is 4. The van der Waals surface area contributed by atoms with Crippen molar-refractivity contribution in [1.29, 1.82) is 0 Å². The summed E-state index contributed by atoms with van der Waals surface area (Å²) in [5.74, 6) is 0. The first-order valence-corrected chi connectivity index (χ1v) is 14.7. The lowest BCUT2D eigenvalue weighted by Gasteiger charge is -2.27. The highest BCUT2D eigenvalue weighted by atomic mass is 79.9. The lowest BCUT2D eigenvalue weighted by molar-refractivity contribution is 0.667. The summed E-state index contributed by atoms with van der Waals surface area (Å²) in [4.78, 5) is 6.75. The van der Waals surface area contributed by atoms with E-state index >= 15 is 0 Å². The maximum absolute atomic E-state index is 4.45. The van der Waals surface area contributed by atoms with Crippen molar-refractivity contribution in [3.8, 4) is 5.69 Å². The van der Waals surface area contributed by atoms with E-state index in [1.807, 2.05) is 32.3 Å². The van der Waals surface area contributed by atoms with E-state index in [0.29, 0.717) is 0 Å². The molecule has 0 spiro atoms. The summed E-state index contributed by atoms with van der Waals surface area (Å²) in [6.45, 7) is 4.00. The van der Waals surface area contributed by atoms with Gasteiger partial charge in [-0.05, 0) is 90.6 Å². The van der Waals surface area contributed by atoms with E-state index in [1.165, 1.54) is 51.5 Å². The molecule has 4 aromatic carbocycles. The number of anilines is 3. The topological polar surface area (TPSA) is 21.1 Å². The van der Waals surface area contributed by atoms with Crippen LogP contribution >= 0.6 is 15.9 Å². The summed E-state index contributed by atoms with van der Waals surface area (Å²) in [6, 6.07) is 34.9. The molecule has 0 unspecified atom stereocenters. The fourth-order valence-electron chi connectivity index (χ4n) is 5.86. The van der Waals surface area contributed by atoms with Crippen molar-refractivity contribution in [3.05, 3.63) is 125 Å². The molecule has 0 fully saturated rings. The Balaban J connectivity index is 0.00000135. The Kier molecular flexibility index (Phi) is 7.21. The van der Waals surface area contributed by atoms with E-state index in [2.05, 4.69) is 121 Å². The molecule has 2 heterocycles. The smallest absolute Gasteiger partial charge is 0.0644 e. The number of rotatable bonds is 4. The second-order valence-corrected chi connectivity index (χ2v) is 10.6. The van der Waals surface area contributed by atoms with E-state index in [-0.39, 0.29) is 0 Å². The van der Waals surface area contributed by atoms with Crippen LogP contribution in [-0.2, 0) is 12.8 Å². The summed E-state index contributed by atoms with van der Waals surface area (Å²) in [5, 5.41) is 3.84. The molecule has 0 N–H and O–H groups in total. The van der Waals surface area contributed by atoms with E-state index in [1.54, 1.807) is 0 Å². The Morgan fingerprint density at radius 3 is 2.36 bits per heavy atom. The first-order valence-electron chi connectivity index (χ1n) is 13.9. The number of fused-ring (bicyclic) bond motifs is 4. The minimum atomic E-state index is 1.03. The summed E-state index contributed by atoms with van der Waals surface area (Å²) >= 11 is 3.86. The predicted molar refractivity (Wildman–Crippen MR) is 169 cm³/mol. The van der Waals surface area contributed by atoms with E-state index in [9.17, 15) is 0 Å². The molecule has 0 aliphatic heterocycles. The second-order valence-electron chi connectivity index (χ2n) is 9.73. The van der Waals surface area contributed by atoms with Gasteiger partial charge in [-0.3, -0.25) is 4.98 Å². The third-order valence-electron chi connectivity index (χ3n) is 7.46. The van der Waals surface area contributed by atoms with Crippen molar-refractivity contribution in [2.24, 2.45) is 0 Å². The van der Waals surface area contributed by atoms with Crippen LogP contribution in [0.4, 0.5) is 17.1 Å². The van der Waals surface area contributed by atoms with Crippen LogP contribution in [-0.4, -0.2) is 9.55 Å². The average Bonchev–Trinajstić information content (AvgIpc) is 3.33. The first-order chi connectivity index (χ1) is 19.3. The highest BCUT2D eigenvalue weighted by molar-refractivity contribution is 9.10. The van der Waals surface area contributed by atoms with Crippen molar-refractivity contribution in [2.45, 2.75) is 39.5 Å². The molecule has 39 heavy (non-hydrogen) atoms. The third-order valence-corrected chi connectivity index (χ3v) is 7.92. The highest BCUT2D eigenvalue weighted by Gasteiger charge is 2.22. The number of aryl methyl sites for hydroxylation is 1. The van der Waals surface area contributed by atoms with Gasteiger partial charge in [-0.1, -0.05) is 78.3 Å². The molecule has 0 atom stereocenters. The third kappa shape index (κ3) is 4.74. The van der Waals surface area contributed by atoms with Crippen molar-refractivity contribution < 1.29 is 0 Å². The normalized spacial score (nSPS) is 12.6. The van der Waals surface area contributed by atoms with Crippen LogP contribution in [0.5, 0.6) is 0 Å². The molecule has 6 aromatic rings. The number of pyridine rings is 1. The number of aromatic nitrogens is 2. The summed E-state index contributed by atoms with van der Waals surface area (Å²) in [7, 11) is 0. The fraction of sp³-hybridized carbons (Fsp3) is 0.171. The second kappa shape index (κ2) is 11.1. The maximum atomic E-state index is 4.45. The van der Waals surface area contributed by atoms with Gasteiger partial charge in [0.2, 0.25) is 0 Å². The van der Waals surface area contributed by atoms with Gasteiger partial charge in [0, 0.05) is 38.8 Å². The maximum Gasteiger partial charge on any atom is 0.0644 e. The molecule has 0 saturated heterocycles. The monoisotopic (exact) mass is 573 g/mol. The van der Waals surface area contributed by atoms with Gasteiger partial charge in [0.05, 0.1) is 17.4 Å². The molecular formula is C35H32BrN3. The Labute approximate surface area is 238 Å². The summed E-state index contributed by atoms with van der Waals surface area (Å²) in [6.07, 6.45) is 8.53. The van der Waals surface area contributed by atoms with Crippen molar-refractivity contribution in [1.82, 2.24) is 9.55 Å². The molecule has 194 valence electrons. The zero-order valence-electron chi connectivity index (χ0n) is 22.4. The summed E-state index contributed by atoms with van der Waals surface area (Å²) < 4.78 is 3.54. The lowest BCUT2D eigenvalue weighted by Crippen LogP contribution is -2.12. The zero-order chi connectivity index (χ0) is 26.8. The molecule has 2 aromatic heterocycles. The minimum absolute atomic E-state index is 1.03. The average molecular weight is 575 g/mol. The minimum Gasteiger partial charge on any atom is -0.313 e. The highest BCUT2D eigenvalue weighted by Crippen LogP contribution is 2.40. The van der Waals surface area contributed by atoms with E-state index in [4.69, 9.17) is 0 Å². The van der Waals surface area contributed by atoms with Gasteiger partial charge in [-0.15, -0.1) is 0 Å². The molecule has 4 heteroatoms. The van der Waals surface area contributed by atoms with E-state index < -0.39 is 0 Å². The van der Waals surface area contributed by atoms with E-state index in [0.717, 1.165) is 34.4 Å². The molecule has 3 nitrogen and oxygen atoms in total. The van der Waals surface area contributed by atoms with Gasteiger partial charge >= 0.3 is 0 Å². The number of nitrogens with zero attached hydrogens (tertiary/aromatic N) is 3. The fourth-order valence-corrected chi connectivity index (χ4v) is 6.33. The Morgan fingerprint density at radius 1 is 0.718 bits per heavy atom. The molecule has 0 saturated carbocycles. The van der Waals surface area contributed by atoms with Crippen LogP contribution in [0.3, 0.4) is 0 Å². The van der Waals surface area contributed by atoms with Gasteiger partial charge in [0.15, 0.2) is 0 Å². The van der Waals surface area contributed by atoms with Crippen LogP contribution in [0, 0.1) is 0 Å². The van der Waals surface area contributed by atoms with Crippen LogP contribution in [0.15, 0.2) is 114 Å². The molecule has 7 rings (SSSR count). The predicted octanol–water partition coefficient (Wildman–Crippen LogP) is 10.3. The SMILES string of the molecule is Brc1cc(N(c2cccnc2)c2ccc3ccccc3c2)cc(-n2c3c(c4ccccc42)CCCC3)c1.CC. The van der Waals surface area contributed by atoms with Gasteiger partial charge in [-0.25, -0.2) is 0 Å². The van der Waals surface area contributed by atoms with Crippen LogP contribution in [0.25, 0.3) is 27.4 Å². The van der Waals surface area contributed by atoms with Crippen LogP contribution < -0.4 is 4.90 Å². The largest absolute Gasteiger partial charge is 0.313 e. The Bertz CT molecular complexity index is 1750. The summed E-state index contributed by atoms with van der Waals surface area (Å²) in [5.41, 5.74) is 8.67. The number of hydrogen-bond donors (Lipinski definition) is 0. The molecule has 0 radical (unpaired) electrons. The van der Waals surface area contributed by atoms with Crippen molar-refractivity contribution >= 4 is 54.7 Å². The van der Waals surface area contributed by atoms with Gasteiger partial charge in [0.25, 0.3) is 0 Å². The number of halogens is 1. The van der Waals surface area contributed by atoms with Gasteiger partial charge < -0.3 is 9.47 Å². The lowest BCUT2D eigenvalue weighted by atomic mass is 9.95. The molecule has 0 bridgehead atoms. The number of para-hydroxylation sites is 1. The zero-order valence-corrected chi connectivity index (χ0v) is 24.0. The van der Waals surface area contributed by atoms with Gasteiger partial charge in [-0.2, -0.15) is 0 Å².